The summed E-state index contributed by atoms with van der Waals surface area (Å²) in [4.78, 5) is 33.1. The number of carboxylic acid groups (broad SMARTS) is 1. The van der Waals surface area contributed by atoms with Gasteiger partial charge in [-0.15, -0.1) is 0 Å². The molecule has 2 rings (SSSR count). The maximum absolute atomic E-state index is 11.6. The lowest BCUT2D eigenvalue weighted by Crippen LogP contribution is -2.47. The first-order valence-corrected chi connectivity index (χ1v) is 6.45. The molecule has 0 saturated carbocycles. The minimum atomic E-state index is -0.823. The summed E-state index contributed by atoms with van der Waals surface area (Å²) in [6, 6.07) is 6.87. The maximum Gasteiger partial charge on any atom is 0.303 e. The molecule has 1 aromatic rings. The zero-order chi connectivity index (χ0) is 14.5. The van der Waals surface area contributed by atoms with Crippen LogP contribution in [-0.2, 0) is 20.8 Å². The van der Waals surface area contributed by atoms with E-state index in [2.05, 4.69) is 10.6 Å². The molecular formula is C14H16N2O4. The Morgan fingerprint density at radius 1 is 1.30 bits per heavy atom. The number of amides is 2. The lowest BCUT2D eigenvalue weighted by molar-refractivity contribution is -0.137. The van der Waals surface area contributed by atoms with Crippen LogP contribution in [-0.4, -0.2) is 28.9 Å². The Labute approximate surface area is 116 Å². The highest BCUT2D eigenvalue weighted by Gasteiger charge is 2.26. The quantitative estimate of drug-likeness (QED) is 0.695. The van der Waals surface area contributed by atoms with Crippen molar-refractivity contribution in [3.63, 3.8) is 0 Å². The third-order valence-electron chi connectivity index (χ3n) is 3.16. The van der Waals surface area contributed by atoms with E-state index in [4.69, 9.17) is 5.11 Å². The van der Waals surface area contributed by atoms with E-state index in [1.54, 1.807) is 12.1 Å². The number of aliphatic carboxylic acids is 1. The molecule has 1 aliphatic rings. The molecule has 0 bridgehead atoms. The van der Waals surface area contributed by atoms with Crippen LogP contribution in [0.4, 0.5) is 5.69 Å². The van der Waals surface area contributed by atoms with Gasteiger partial charge in [-0.05, 0) is 30.5 Å². The minimum Gasteiger partial charge on any atom is -0.481 e. The molecule has 3 N–H and O–H groups in total. The average Bonchev–Trinajstić information content (AvgIpc) is 2.41. The van der Waals surface area contributed by atoms with Gasteiger partial charge in [0.25, 0.3) is 0 Å². The van der Waals surface area contributed by atoms with Crippen LogP contribution in [0.3, 0.4) is 0 Å². The van der Waals surface area contributed by atoms with Crippen LogP contribution in [0.5, 0.6) is 0 Å². The van der Waals surface area contributed by atoms with E-state index >= 15 is 0 Å². The van der Waals surface area contributed by atoms with Crippen LogP contribution in [0.15, 0.2) is 24.3 Å². The van der Waals surface area contributed by atoms with Crippen LogP contribution in [0, 0.1) is 0 Å². The van der Waals surface area contributed by atoms with E-state index in [1.807, 2.05) is 12.1 Å². The van der Waals surface area contributed by atoms with Gasteiger partial charge < -0.3 is 10.4 Å². The van der Waals surface area contributed by atoms with Gasteiger partial charge in [-0.3, -0.25) is 19.7 Å². The van der Waals surface area contributed by atoms with E-state index in [0.29, 0.717) is 19.3 Å². The molecule has 2 amide bonds. The highest BCUT2D eigenvalue weighted by molar-refractivity contribution is 6.01. The van der Waals surface area contributed by atoms with Crippen LogP contribution < -0.4 is 10.6 Å². The smallest absolute Gasteiger partial charge is 0.303 e. The predicted octanol–water partition coefficient (Wildman–Crippen LogP) is 0.921. The lowest BCUT2D eigenvalue weighted by Gasteiger charge is -2.22. The Morgan fingerprint density at radius 2 is 2.00 bits per heavy atom. The Balaban J connectivity index is 1.92. The van der Waals surface area contributed by atoms with E-state index < -0.39 is 12.0 Å². The van der Waals surface area contributed by atoms with Gasteiger partial charge >= 0.3 is 5.97 Å². The average molecular weight is 276 g/mol. The number of imide groups is 1. The van der Waals surface area contributed by atoms with Crippen molar-refractivity contribution in [3.8, 4) is 0 Å². The molecule has 0 spiro atoms. The normalized spacial score (nSPS) is 18.5. The number of nitrogens with one attached hydrogen (secondary N) is 2. The van der Waals surface area contributed by atoms with E-state index in [0.717, 1.165) is 11.3 Å². The second-order valence-electron chi connectivity index (χ2n) is 4.74. The fourth-order valence-corrected chi connectivity index (χ4v) is 2.05. The summed E-state index contributed by atoms with van der Waals surface area (Å²) >= 11 is 0. The van der Waals surface area contributed by atoms with Crippen LogP contribution in [0.25, 0.3) is 0 Å². The van der Waals surface area contributed by atoms with Crippen molar-refractivity contribution in [3.05, 3.63) is 29.8 Å². The summed E-state index contributed by atoms with van der Waals surface area (Å²) in [7, 11) is 0. The summed E-state index contributed by atoms with van der Waals surface area (Å²) in [5.41, 5.74) is 1.71. The topological polar surface area (TPSA) is 95.5 Å². The Morgan fingerprint density at radius 3 is 2.60 bits per heavy atom. The van der Waals surface area contributed by atoms with Gasteiger partial charge in [0.2, 0.25) is 11.8 Å². The number of benzene rings is 1. The van der Waals surface area contributed by atoms with Crippen molar-refractivity contribution in [2.24, 2.45) is 0 Å². The monoisotopic (exact) mass is 276 g/mol. The summed E-state index contributed by atoms with van der Waals surface area (Å²) in [5, 5.41) is 14.0. The first-order chi connectivity index (χ1) is 9.54. The molecule has 1 saturated heterocycles. The fourth-order valence-electron chi connectivity index (χ4n) is 2.05. The van der Waals surface area contributed by atoms with Crippen molar-refractivity contribution >= 4 is 23.5 Å². The zero-order valence-electron chi connectivity index (χ0n) is 10.9. The largest absolute Gasteiger partial charge is 0.481 e. The Kier molecular flexibility index (Phi) is 4.34. The molecule has 1 heterocycles. The van der Waals surface area contributed by atoms with Gasteiger partial charge in [-0.1, -0.05) is 12.1 Å². The molecule has 1 fully saturated rings. The summed E-state index contributed by atoms with van der Waals surface area (Å²) in [5.74, 6) is -1.37. The molecule has 1 unspecified atom stereocenters. The van der Waals surface area contributed by atoms with Gasteiger partial charge in [0, 0.05) is 18.5 Å². The highest BCUT2D eigenvalue weighted by Crippen LogP contribution is 2.15. The first-order valence-electron chi connectivity index (χ1n) is 6.45. The summed E-state index contributed by atoms with van der Waals surface area (Å²) < 4.78 is 0. The van der Waals surface area contributed by atoms with E-state index in [1.165, 1.54) is 0 Å². The number of anilines is 1. The molecular weight excluding hydrogens is 260 g/mol. The van der Waals surface area contributed by atoms with Gasteiger partial charge in [0.05, 0.1) is 0 Å². The van der Waals surface area contributed by atoms with Crippen LogP contribution in [0.2, 0.25) is 0 Å². The van der Waals surface area contributed by atoms with Crippen molar-refractivity contribution < 1.29 is 19.5 Å². The van der Waals surface area contributed by atoms with Crippen molar-refractivity contribution in [1.82, 2.24) is 5.32 Å². The predicted molar refractivity (Wildman–Crippen MR) is 72.2 cm³/mol. The maximum atomic E-state index is 11.6. The van der Waals surface area contributed by atoms with Crippen molar-refractivity contribution in [1.29, 1.82) is 0 Å². The number of carbonyl (C=O) groups excluding carboxylic acids is 2. The third kappa shape index (κ3) is 3.81. The molecule has 1 aliphatic heterocycles. The molecule has 106 valence electrons. The number of aryl methyl sites for hydroxylation is 1. The summed E-state index contributed by atoms with van der Waals surface area (Å²) in [6.45, 7) is 0. The van der Waals surface area contributed by atoms with E-state index in [-0.39, 0.29) is 18.2 Å². The van der Waals surface area contributed by atoms with Gasteiger partial charge in [-0.2, -0.15) is 0 Å². The number of piperidine rings is 1. The van der Waals surface area contributed by atoms with Crippen molar-refractivity contribution in [2.75, 3.05) is 5.32 Å². The molecule has 20 heavy (non-hydrogen) atoms. The SMILES string of the molecule is O=C(O)CCc1ccc(NC2CCC(=O)NC2=O)cc1. The Bertz CT molecular complexity index is 524. The molecule has 1 atom stereocenters. The fraction of sp³-hybridized carbons (Fsp3) is 0.357. The summed E-state index contributed by atoms with van der Waals surface area (Å²) in [6.07, 6.45) is 1.39. The first kappa shape index (κ1) is 14.0. The molecule has 0 radical (unpaired) electrons. The second kappa shape index (κ2) is 6.18. The Hall–Kier alpha value is -2.37. The lowest BCUT2D eigenvalue weighted by atomic mass is 10.1. The number of rotatable bonds is 5. The van der Waals surface area contributed by atoms with Gasteiger partial charge in [0.15, 0.2) is 0 Å². The molecule has 6 nitrogen and oxygen atoms in total. The molecule has 1 aromatic carbocycles. The number of hydrogen-bond acceptors (Lipinski definition) is 4. The number of hydrogen-bond donors (Lipinski definition) is 3. The standard InChI is InChI=1S/C14H16N2O4/c17-12-7-6-11(14(20)16-12)15-10-4-1-9(2-5-10)3-8-13(18)19/h1-2,4-5,11,15H,3,6-8H2,(H,18,19)(H,16,17,20). The van der Waals surface area contributed by atoms with Crippen LogP contribution in [0.1, 0.15) is 24.8 Å². The van der Waals surface area contributed by atoms with Crippen LogP contribution >= 0.6 is 0 Å². The second-order valence-corrected chi connectivity index (χ2v) is 4.74. The highest BCUT2D eigenvalue weighted by atomic mass is 16.4. The molecule has 0 aliphatic carbocycles. The zero-order valence-corrected chi connectivity index (χ0v) is 10.9. The minimum absolute atomic E-state index is 0.0971. The van der Waals surface area contributed by atoms with Crippen molar-refractivity contribution in [2.45, 2.75) is 31.7 Å². The number of carboxylic acids is 1. The number of carbonyl (C=O) groups is 3. The molecule has 0 aromatic heterocycles. The van der Waals surface area contributed by atoms with Gasteiger partial charge in [0.1, 0.15) is 6.04 Å². The molecule has 6 heteroatoms. The third-order valence-corrected chi connectivity index (χ3v) is 3.16. The van der Waals surface area contributed by atoms with Gasteiger partial charge in [-0.25, -0.2) is 0 Å². The van der Waals surface area contributed by atoms with E-state index in [9.17, 15) is 14.4 Å².